The van der Waals surface area contributed by atoms with Crippen LogP contribution in [0.25, 0.3) is 11.4 Å². The highest BCUT2D eigenvalue weighted by atomic mass is 127. The fourth-order valence-corrected chi connectivity index (χ4v) is 2.97. The summed E-state index contributed by atoms with van der Waals surface area (Å²) in [6, 6.07) is 5.82. The van der Waals surface area contributed by atoms with E-state index in [-0.39, 0.29) is 12.7 Å². The van der Waals surface area contributed by atoms with E-state index in [1.165, 1.54) is 0 Å². The summed E-state index contributed by atoms with van der Waals surface area (Å²) in [7, 11) is 0. The minimum absolute atomic E-state index is 0.0102. The van der Waals surface area contributed by atoms with E-state index in [4.69, 9.17) is 4.74 Å². The number of ether oxygens (including phenoxy) is 1. The lowest BCUT2D eigenvalue weighted by Gasteiger charge is -2.14. The first-order valence-corrected chi connectivity index (χ1v) is 7.34. The molecule has 1 aromatic heterocycles. The molecular formula is C12H10BrIN2O2. The summed E-state index contributed by atoms with van der Waals surface area (Å²) in [6.45, 7) is 0.595. The SMILES string of the molecule is OCC1Cn2cc(I)nc2-c2cc(Br)ccc2O1. The van der Waals surface area contributed by atoms with Gasteiger partial charge in [-0.2, -0.15) is 0 Å². The normalized spacial score (nSPS) is 17.6. The van der Waals surface area contributed by atoms with Gasteiger partial charge in [0.05, 0.1) is 18.7 Å². The number of hydrogen-bond donors (Lipinski definition) is 1. The average molecular weight is 421 g/mol. The van der Waals surface area contributed by atoms with Crippen molar-refractivity contribution in [3.8, 4) is 17.1 Å². The Morgan fingerprint density at radius 3 is 3.17 bits per heavy atom. The van der Waals surface area contributed by atoms with Crippen LogP contribution in [0.2, 0.25) is 0 Å². The summed E-state index contributed by atoms with van der Waals surface area (Å²) in [5, 5.41) is 9.36. The highest BCUT2D eigenvalue weighted by molar-refractivity contribution is 14.1. The van der Waals surface area contributed by atoms with Crippen LogP contribution < -0.4 is 4.74 Å². The molecule has 0 aliphatic carbocycles. The van der Waals surface area contributed by atoms with E-state index in [1.807, 2.05) is 29.0 Å². The van der Waals surface area contributed by atoms with Crippen molar-refractivity contribution in [1.82, 2.24) is 9.55 Å². The standard InChI is InChI=1S/C12H10BrIN2O2/c13-7-1-2-10-9(3-7)12-15-11(14)5-16(12)4-8(6-17)18-10/h1-3,5,8,17H,4,6H2. The summed E-state index contributed by atoms with van der Waals surface area (Å²) in [5.74, 6) is 1.64. The van der Waals surface area contributed by atoms with Gasteiger partial charge in [0.15, 0.2) is 0 Å². The number of halogens is 2. The van der Waals surface area contributed by atoms with Gasteiger partial charge in [-0.15, -0.1) is 0 Å². The first-order valence-electron chi connectivity index (χ1n) is 5.47. The Morgan fingerprint density at radius 1 is 1.56 bits per heavy atom. The van der Waals surface area contributed by atoms with Crippen LogP contribution >= 0.6 is 38.5 Å². The fourth-order valence-electron chi connectivity index (χ4n) is 2.05. The molecule has 1 atom stereocenters. The van der Waals surface area contributed by atoms with E-state index in [1.54, 1.807) is 0 Å². The third kappa shape index (κ3) is 2.17. The Morgan fingerprint density at radius 2 is 2.39 bits per heavy atom. The maximum Gasteiger partial charge on any atom is 0.145 e. The molecule has 0 fully saturated rings. The quantitative estimate of drug-likeness (QED) is 0.721. The first-order chi connectivity index (χ1) is 8.67. The lowest BCUT2D eigenvalue weighted by molar-refractivity contribution is 0.105. The van der Waals surface area contributed by atoms with Crippen molar-refractivity contribution in [1.29, 1.82) is 0 Å². The van der Waals surface area contributed by atoms with E-state index < -0.39 is 0 Å². The Labute approximate surface area is 126 Å². The van der Waals surface area contributed by atoms with Gasteiger partial charge in [-0.25, -0.2) is 4.98 Å². The average Bonchev–Trinajstić information content (AvgIpc) is 2.64. The predicted molar refractivity (Wildman–Crippen MR) is 79.6 cm³/mol. The van der Waals surface area contributed by atoms with E-state index >= 15 is 0 Å². The minimum atomic E-state index is -0.240. The predicted octanol–water partition coefficient (Wildman–Crippen LogP) is 2.67. The number of aliphatic hydroxyl groups excluding tert-OH is 1. The molecule has 0 radical (unpaired) electrons. The van der Waals surface area contributed by atoms with E-state index in [0.717, 1.165) is 25.3 Å². The van der Waals surface area contributed by atoms with Crippen LogP contribution in [0.3, 0.4) is 0 Å². The first kappa shape index (κ1) is 12.4. The van der Waals surface area contributed by atoms with Gasteiger partial charge in [0, 0.05) is 10.7 Å². The number of fused-ring (bicyclic) bond motifs is 3. The highest BCUT2D eigenvalue weighted by Crippen LogP contribution is 2.35. The number of aromatic nitrogens is 2. The maximum absolute atomic E-state index is 9.36. The fraction of sp³-hybridized carbons (Fsp3) is 0.250. The second kappa shape index (κ2) is 4.82. The number of imidazole rings is 1. The minimum Gasteiger partial charge on any atom is -0.485 e. The number of rotatable bonds is 1. The van der Waals surface area contributed by atoms with Crippen LogP contribution in [-0.2, 0) is 6.54 Å². The maximum atomic E-state index is 9.36. The van der Waals surface area contributed by atoms with Gasteiger partial charge >= 0.3 is 0 Å². The number of benzene rings is 1. The molecule has 4 nitrogen and oxygen atoms in total. The molecule has 2 heterocycles. The molecule has 0 bridgehead atoms. The van der Waals surface area contributed by atoms with Crippen molar-refractivity contribution in [2.45, 2.75) is 12.6 Å². The topological polar surface area (TPSA) is 47.3 Å². The van der Waals surface area contributed by atoms with Crippen LogP contribution in [0.5, 0.6) is 5.75 Å². The molecule has 0 saturated heterocycles. The molecular weight excluding hydrogens is 411 g/mol. The highest BCUT2D eigenvalue weighted by Gasteiger charge is 2.23. The lowest BCUT2D eigenvalue weighted by Crippen LogP contribution is -2.25. The summed E-state index contributed by atoms with van der Waals surface area (Å²) < 4.78 is 9.76. The molecule has 0 spiro atoms. The molecule has 1 aliphatic rings. The van der Waals surface area contributed by atoms with Gasteiger partial charge in [-0.05, 0) is 40.8 Å². The van der Waals surface area contributed by atoms with Gasteiger partial charge in [0.1, 0.15) is 21.4 Å². The van der Waals surface area contributed by atoms with Crippen molar-refractivity contribution in [2.24, 2.45) is 0 Å². The molecule has 3 rings (SSSR count). The Kier molecular flexibility index (Phi) is 3.33. The zero-order valence-corrected chi connectivity index (χ0v) is 13.1. The lowest BCUT2D eigenvalue weighted by atomic mass is 10.2. The third-order valence-corrected chi connectivity index (χ3v) is 3.84. The smallest absolute Gasteiger partial charge is 0.145 e. The van der Waals surface area contributed by atoms with Crippen molar-refractivity contribution in [2.75, 3.05) is 6.61 Å². The molecule has 1 unspecified atom stereocenters. The third-order valence-electron chi connectivity index (χ3n) is 2.83. The molecule has 94 valence electrons. The molecule has 0 saturated carbocycles. The Bertz CT molecular complexity index is 600. The second-order valence-electron chi connectivity index (χ2n) is 4.10. The molecule has 1 aliphatic heterocycles. The number of hydrogen-bond acceptors (Lipinski definition) is 3. The molecule has 2 aromatic rings. The molecule has 18 heavy (non-hydrogen) atoms. The van der Waals surface area contributed by atoms with E-state index in [0.29, 0.717) is 6.54 Å². The Balaban J connectivity index is 2.21. The van der Waals surface area contributed by atoms with Crippen molar-refractivity contribution in [3.05, 3.63) is 32.6 Å². The zero-order chi connectivity index (χ0) is 12.7. The van der Waals surface area contributed by atoms with Gasteiger partial charge < -0.3 is 14.4 Å². The summed E-state index contributed by atoms with van der Waals surface area (Å²) in [4.78, 5) is 4.53. The number of aliphatic hydroxyl groups is 1. The van der Waals surface area contributed by atoms with Crippen LogP contribution in [0.4, 0.5) is 0 Å². The van der Waals surface area contributed by atoms with Crippen LogP contribution in [0, 0.1) is 3.70 Å². The molecule has 1 N–H and O–H groups in total. The molecule has 0 amide bonds. The van der Waals surface area contributed by atoms with Gasteiger partial charge in [0.25, 0.3) is 0 Å². The van der Waals surface area contributed by atoms with Crippen LogP contribution in [0.1, 0.15) is 0 Å². The van der Waals surface area contributed by atoms with E-state index in [9.17, 15) is 5.11 Å². The zero-order valence-electron chi connectivity index (χ0n) is 9.31. The Hall–Kier alpha value is -0.600. The summed E-state index contributed by atoms with van der Waals surface area (Å²) in [5.41, 5.74) is 0.947. The summed E-state index contributed by atoms with van der Waals surface area (Å²) in [6.07, 6.45) is 1.73. The summed E-state index contributed by atoms with van der Waals surface area (Å²) >= 11 is 5.66. The molecule has 1 aromatic carbocycles. The monoisotopic (exact) mass is 420 g/mol. The largest absolute Gasteiger partial charge is 0.485 e. The van der Waals surface area contributed by atoms with E-state index in [2.05, 4.69) is 43.5 Å². The van der Waals surface area contributed by atoms with Crippen LogP contribution in [-0.4, -0.2) is 27.4 Å². The van der Waals surface area contributed by atoms with Crippen molar-refractivity contribution in [3.63, 3.8) is 0 Å². The second-order valence-corrected chi connectivity index (χ2v) is 6.12. The molecule has 6 heteroatoms. The number of nitrogens with zero attached hydrogens (tertiary/aromatic N) is 2. The van der Waals surface area contributed by atoms with Gasteiger partial charge in [-0.1, -0.05) is 15.9 Å². The van der Waals surface area contributed by atoms with Gasteiger partial charge in [-0.3, -0.25) is 0 Å². The van der Waals surface area contributed by atoms with Crippen LogP contribution in [0.15, 0.2) is 28.9 Å². The van der Waals surface area contributed by atoms with Crippen molar-refractivity contribution >= 4 is 38.5 Å². The van der Waals surface area contributed by atoms with Crippen molar-refractivity contribution < 1.29 is 9.84 Å². The van der Waals surface area contributed by atoms with Gasteiger partial charge in [0.2, 0.25) is 0 Å².